The second-order valence-electron chi connectivity index (χ2n) is 4.21. The minimum Gasteiger partial charge on any atom is -0.363 e. The molecule has 0 saturated carbocycles. The summed E-state index contributed by atoms with van der Waals surface area (Å²) >= 11 is 1.74. The Morgan fingerprint density at radius 2 is 1.94 bits per heavy atom. The summed E-state index contributed by atoms with van der Waals surface area (Å²) in [4.78, 5) is 10.2. The summed E-state index contributed by atoms with van der Waals surface area (Å²) in [6.45, 7) is 8.24. The molecule has 1 atom stereocenters. The Morgan fingerprint density at radius 3 is 2.53 bits per heavy atom. The van der Waals surface area contributed by atoms with Gasteiger partial charge in [-0.15, -0.1) is 11.3 Å². The molecule has 1 unspecified atom stereocenters. The lowest BCUT2D eigenvalue weighted by atomic mass is 10.2. The number of thiazole rings is 1. The van der Waals surface area contributed by atoms with Gasteiger partial charge in [0.2, 0.25) is 0 Å². The van der Waals surface area contributed by atoms with Crippen molar-refractivity contribution in [3.8, 4) is 0 Å². The number of aryl methyl sites for hydroxylation is 3. The number of rotatable bonds is 3. The van der Waals surface area contributed by atoms with Crippen LogP contribution in [0.3, 0.4) is 0 Å². The quantitative estimate of drug-likeness (QED) is 0.900. The highest BCUT2D eigenvalue weighted by Crippen LogP contribution is 2.26. The summed E-state index contributed by atoms with van der Waals surface area (Å²) in [5, 5.41) is 4.53. The topological polar surface area (TPSA) is 37.8 Å². The first kappa shape index (κ1) is 12.0. The van der Waals surface area contributed by atoms with Crippen LogP contribution in [0.1, 0.15) is 34.2 Å². The van der Waals surface area contributed by atoms with E-state index in [4.69, 9.17) is 0 Å². The van der Waals surface area contributed by atoms with Crippen LogP contribution in [0.5, 0.6) is 0 Å². The van der Waals surface area contributed by atoms with Gasteiger partial charge in [-0.1, -0.05) is 6.07 Å². The third-order valence-corrected chi connectivity index (χ3v) is 3.84. The Morgan fingerprint density at radius 1 is 1.18 bits per heavy atom. The molecular weight excluding hydrogens is 230 g/mol. The molecule has 17 heavy (non-hydrogen) atoms. The molecule has 1 N–H and O–H groups in total. The van der Waals surface area contributed by atoms with Gasteiger partial charge in [0.05, 0.1) is 16.7 Å². The number of hydrogen-bond acceptors (Lipinski definition) is 4. The van der Waals surface area contributed by atoms with E-state index < -0.39 is 0 Å². The van der Waals surface area contributed by atoms with Gasteiger partial charge < -0.3 is 5.32 Å². The number of anilines is 1. The zero-order valence-electron chi connectivity index (χ0n) is 10.6. The first-order valence-corrected chi connectivity index (χ1v) is 6.52. The first-order chi connectivity index (χ1) is 8.06. The highest BCUT2D eigenvalue weighted by atomic mass is 32.1. The fraction of sp³-hybridized carbons (Fsp3) is 0.385. The summed E-state index contributed by atoms with van der Waals surface area (Å²) in [5.74, 6) is 0.919. The fourth-order valence-corrected chi connectivity index (χ4v) is 2.79. The average molecular weight is 247 g/mol. The molecule has 0 aliphatic heterocycles. The number of hydrogen-bond donors (Lipinski definition) is 1. The smallest absolute Gasteiger partial charge is 0.126 e. The van der Waals surface area contributed by atoms with Gasteiger partial charge in [0, 0.05) is 10.6 Å². The number of aromatic nitrogens is 2. The highest BCUT2D eigenvalue weighted by molar-refractivity contribution is 7.11. The highest BCUT2D eigenvalue weighted by Gasteiger charge is 2.12. The maximum Gasteiger partial charge on any atom is 0.126 e. The van der Waals surface area contributed by atoms with E-state index in [1.54, 1.807) is 11.3 Å². The fourth-order valence-electron chi connectivity index (χ4n) is 1.86. The van der Waals surface area contributed by atoms with E-state index in [1.807, 2.05) is 32.0 Å². The van der Waals surface area contributed by atoms with Crippen molar-refractivity contribution in [1.29, 1.82) is 0 Å². The van der Waals surface area contributed by atoms with E-state index in [0.29, 0.717) is 0 Å². The number of nitrogens with zero attached hydrogens (tertiary/aromatic N) is 2. The molecule has 0 saturated heterocycles. The van der Waals surface area contributed by atoms with E-state index in [-0.39, 0.29) is 6.04 Å². The molecule has 2 aromatic heterocycles. The van der Waals surface area contributed by atoms with Gasteiger partial charge in [-0.05, 0) is 39.8 Å². The minimum atomic E-state index is 0.246. The third kappa shape index (κ3) is 2.82. The van der Waals surface area contributed by atoms with Crippen LogP contribution in [0, 0.1) is 20.8 Å². The number of pyridine rings is 1. The van der Waals surface area contributed by atoms with Crippen molar-refractivity contribution in [2.45, 2.75) is 33.7 Å². The van der Waals surface area contributed by atoms with Gasteiger partial charge in [-0.3, -0.25) is 0 Å². The van der Waals surface area contributed by atoms with Gasteiger partial charge in [0.25, 0.3) is 0 Å². The van der Waals surface area contributed by atoms with Crippen molar-refractivity contribution in [2.75, 3.05) is 5.32 Å². The maximum absolute atomic E-state index is 4.45. The molecule has 0 fully saturated rings. The summed E-state index contributed by atoms with van der Waals surface area (Å²) < 4.78 is 0. The van der Waals surface area contributed by atoms with Crippen LogP contribution in [0.4, 0.5) is 5.82 Å². The predicted molar refractivity (Wildman–Crippen MR) is 72.6 cm³/mol. The molecule has 0 radical (unpaired) electrons. The molecule has 0 aliphatic carbocycles. The third-order valence-electron chi connectivity index (χ3n) is 2.59. The lowest BCUT2D eigenvalue weighted by Crippen LogP contribution is -2.07. The van der Waals surface area contributed by atoms with E-state index in [0.717, 1.165) is 22.2 Å². The van der Waals surface area contributed by atoms with Gasteiger partial charge in [-0.2, -0.15) is 0 Å². The van der Waals surface area contributed by atoms with Crippen molar-refractivity contribution in [3.63, 3.8) is 0 Å². The summed E-state index contributed by atoms with van der Waals surface area (Å²) in [6.07, 6.45) is 0. The molecule has 0 spiro atoms. The van der Waals surface area contributed by atoms with Crippen LogP contribution in [0.15, 0.2) is 18.2 Å². The van der Waals surface area contributed by atoms with Crippen molar-refractivity contribution >= 4 is 17.2 Å². The van der Waals surface area contributed by atoms with E-state index in [2.05, 4.69) is 29.1 Å². The predicted octanol–water partition coefficient (Wildman–Crippen LogP) is 3.64. The Balaban J connectivity index is 2.16. The summed E-state index contributed by atoms with van der Waals surface area (Å²) in [6, 6.07) is 6.25. The monoisotopic (exact) mass is 247 g/mol. The zero-order chi connectivity index (χ0) is 12.4. The second-order valence-corrected chi connectivity index (χ2v) is 5.45. The number of nitrogens with one attached hydrogen (secondary N) is 1. The van der Waals surface area contributed by atoms with Crippen LogP contribution in [-0.2, 0) is 0 Å². The standard InChI is InChI=1S/C13H17N3S/c1-8-6-5-7-12(14-8)16-10(3)13-9(2)15-11(4)17-13/h5-7,10H,1-4H3,(H,14,16). The Kier molecular flexibility index (Phi) is 3.43. The molecule has 0 aromatic carbocycles. The Labute approximate surface area is 106 Å². The van der Waals surface area contributed by atoms with Crippen molar-refractivity contribution in [3.05, 3.63) is 39.5 Å². The molecule has 0 bridgehead atoms. The largest absolute Gasteiger partial charge is 0.363 e. The molecule has 2 heterocycles. The van der Waals surface area contributed by atoms with E-state index in [1.165, 1.54) is 4.88 Å². The van der Waals surface area contributed by atoms with Gasteiger partial charge >= 0.3 is 0 Å². The van der Waals surface area contributed by atoms with Crippen molar-refractivity contribution in [2.24, 2.45) is 0 Å². The van der Waals surface area contributed by atoms with Crippen LogP contribution < -0.4 is 5.32 Å². The Hall–Kier alpha value is -1.42. The van der Waals surface area contributed by atoms with Gasteiger partial charge in [0.1, 0.15) is 5.82 Å². The summed E-state index contributed by atoms with van der Waals surface area (Å²) in [7, 11) is 0. The van der Waals surface area contributed by atoms with Crippen molar-refractivity contribution < 1.29 is 0 Å². The first-order valence-electron chi connectivity index (χ1n) is 5.70. The van der Waals surface area contributed by atoms with Crippen LogP contribution in [0.25, 0.3) is 0 Å². The molecule has 0 amide bonds. The average Bonchev–Trinajstić information content (AvgIpc) is 2.58. The maximum atomic E-state index is 4.45. The molecule has 2 rings (SSSR count). The van der Waals surface area contributed by atoms with Gasteiger partial charge in [-0.25, -0.2) is 9.97 Å². The minimum absolute atomic E-state index is 0.246. The van der Waals surface area contributed by atoms with Crippen LogP contribution in [0.2, 0.25) is 0 Å². The SMILES string of the molecule is Cc1cccc(NC(C)c2sc(C)nc2C)n1. The molecule has 2 aromatic rings. The van der Waals surface area contributed by atoms with Crippen molar-refractivity contribution in [1.82, 2.24) is 9.97 Å². The van der Waals surface area contributed by atoms with E-state index >= 15 is 0 Å². The lowest BCUT2D eigenvalue weighted by Gasteiger charge is -2.13. The lowest BCUT2D eigenvalue weighted by molar-refractivity contribution is 0.877. The molecule has 3 nitrogen and oxygen atoms in total. The molecule has 0 aliphatic rings. The van der Waals surface area contributed by atoms with Gasteiger partial charge in [0.15, 0.2) is 0 Å². The second kappa shape index (κ2) is 4.84. The molecular formula is C13H17N3S. The van der Waals surface area contributed by atoms with E-state index in [9.17, 15) is 0 Å². The van der Waals surface area contributed by atoms with Crippen LogP contribution >= 0.6 is 11.3 Å². The normalized spacial score (nSPS) is 12.5. The summed E-state index contributed by atoms with van der Waals surface area (Å²) in [5.41, 5.74) is 2.14. The molecule has 90 valence electrons. The zero-order valence-corrected chi connectivity index (χ0v) is 11.4. The Bertz CT molecular complexity index is 519. The molecule has 4 heteroatoms. The van der Waals surface area contributed by atoms with Crippen LogP contribution in [-0.4, -0.2) is 9.97 Å².